The van der Waals surface area contributed by atoms with Crippen molar-refractivity contribution in [3.8, 4) is 17.2 Å². The number of benzene rings is 4. The van der Waals surface area contributed by atoms with Gasteiger partial charge in [0, 0.05) is 40.5 Å². The van der Waals surface area contributed by atoms with Gasteiger partial charge < -0.3 is 29.5 Å². The van der Waals surface area contributed by atoms with Crippen molar-refractivity contribution in [3.63, 3.8) is 0 Å². The van der Waals surface area contributed by atoms with Crippen LogP contribution in [0.25, 0.3) is 0 Å². The van der Waals surface area contributed by atoms with Gasteiger partial charge in [-0.05, 0) is 99.1 Å². The Morgan fingerprint density at radius 3 is 1.18 bits per heavy atom. The molecule has 6 bridgehead atoms. The molecule has 5 rings (SSSR count). The lowest BCUT2D eigenvalue weighted by atomic mass is 9.99. The fourth-order valence-electron chi connectivity index (χ4n) is 4.67. The molecule has 1 aliphatic heterocycles. The minimum absolute atomic E-state index is 0.125. The fraction of sp³-hybridized carbons (Fsp3) is 0.226. The van der Waals surface area contributed by atoms with E-state index in [2.05, 4.69) is 57.3 Å². The third-order valence-corrected chi connectivity index (χ3v) is 7.83. The summed E-state index contributed by atoms with van der Waals surface area (Å²) in [6, 6.07) is 21.5. The summed E-state index contributed by atoms with van der Waals surface area (Å²) in [6.45, 7) is 1.03. The Morgan fingerprint density at radius 1 is 0.487 bits per heavy atom. The summed E-state index contributed by atoms with van der Waals surface area (Å²) in [7, 11) is 0. The second-order valence-electron chi connectivity index (χ2n) is 9.55. The van der Waals surface area contributed by atoms with Crippen LogP contribution >= 0.6 is 45.2 Å². The third kappa shape index (κ3) is 7.04. The number of aromatic hydroxyl groups is 3. The van der Waals surface area contributed by atoms with E-state index >= 15 is 0 Å². The summed E-state index contributed by atoms with van der Waals surface area (Å²) < 4.78 is 19.8. The second kappa shape index (κ2) is 12.9. The predicted molar refractivity (Wildman–Crippen MR) is 164 cm³/mol. The van der Waals surface area contributed by atoms with Gasteiger partial charge in [-0.2, -0.15) is 0 Å². The van der Waals surface area contributed by atoms with E-state index in [4.69, 9.17) is 14.2 Å². The van der Waals surface area contributed by atoms with E-state index < -0.39 is 0 Å². The molecule has 0 saturated carbocycles. The molecule has 3 N–H and O–H groups in total. The van der Waals surface area contributed by atoms with Crippen LogP contribution in [0.15, 0.2) is 66.7 Å². The monoisotopic (exact) mass is 750 g/mol. The molecular weight excluding hydrogens is 722 g/mol. The lowest BCUT2D eigenvalue weighted by molar-refractivity contribution is 0.0930. The highest BCUT2D eigenvalue weighted by molar-refractivity contribution is 14.1. The van der Waals surface area contributed by atoms with Gasteiger partial charge in [-0.3, -0.25) is 0 Å². The van der Waals surface area contributed by atoms with Crippen molar-refractivity contribution < 1.29 is 29.5 Å². The van der Waals surface area contributed by atoms with Crippen LogP contribution in [-0.2, 0) is 60.3 Å². The van der Waals surface area contributed by atoms with E-state index in [-0.39, 0.29) is 56.9 Å². The van der Waals surface area contributed by atoms with Gasteiger partial charge in [0.15, 0.2) is 0 Å². The molecule has 6 nitrogen and oxygen atoms in total. The molecule has 4 aromatic carbocycles. The average molecular weight is 750 g/mol. The van der Waals surface area contributed by atoms with Crippen molar-refractivity contribution in [1.29, 1.82) is 0 Å². The molecule has 0 aliphatic carbocycles. The van der Waals surface area contributed by atoms with Gasteiger partial charge >= 0.3 is 0 Å². The summed E-state index contributed by atoms with van der Waals surface area (Å²) in [5, 5.41) is 33.0. The van der Waals surface area contributed by atoms with E-state index in [1.807, 2.05) is 54.6 Å². The molecule has 1 aliphatic rings. The van der Waals surface area contributed by atoms with Gasteiger partial charge in [0.05, 0.1) is 39.6 Å². The summed E-state index contributed by atoms with van der Waals surface area (Å²) in [4.78, 5) is 0. The van der Waals surface area contributed by atoms with Crippen LogP contribution in [0.3, 0.4) is 0 Å². The molecule has 0 fully saturated rings. The topological polar surface area (TPSA) is 88.4 Å². The van der Waals surface area contributed by atoms with Gasteiger partial charge in [0.25, 0.3) is 0 Å². The maximum Gasteiger partial charge on any atom is 0.126 e. The number of ether oxygens (including phenoxy) is 3. The van der Waals surface area contributed by atoms with Crippen molar-refractivity contribution >= 4 is 45.2 Å². The van der Waals surface area contributed by atoms with Crippen molar-refractivity contribution in [2.75, 3.05) is 0 Å². The van der Waals surface area contributed by atoms with Crippen LogP contribution in [0.2, 0.25) is 0 Å². The minimum Gasteiger partial charge on any atom is -0.507 e. The van der Waals surface area contributed by atoms with Crippen LogP contribution in [0.4, 0.5) is 0 Å². The number of halogens is 2. The van der Waals surface area contributed by atoms with Crippen molar-refractivity contribution in [3.05, 3.63) is 118 Å². The molecule has 0 radical (unpaired) electrons. The Bertz CT molecular complexity index is 1390. The standard InChI is InChI=1S/C31H28I2O6/c32-27-9-23-15-37-13-21-7-20(6-19-4-2-1-3-5-19)8-22(29(21)34)14-38-16-24-10-28(33)12-26(31(24)36)18-39-17-25(11-27)30(23)35/h1-5,7-12,34-36H,6,13-18H2. The Balaban J connectivity index is 1.51. The number of hydrogen-bond acceptors (Lipinski definition) is 6. The van der Waals surface area contributed by atoms with Gasteiger partial charge in [-0.15, -0.1) is 0 Å². The molecule has 0 saturated heterocycles. The third-order valence-electron chi connectivity index (χ3n) is 6.59. The van der Waals surface area contributed by atoms with E-state index in [0.29, 0.717) is 39.8 Å². The first-order valence-corrected chi connectivity index (χ1v) is 14.6. The van der Waals surface area contributed by atoms with E-state index in [1.165, 1.54) is 0 Å². The quantitative estimate of drug-likeness (QED) is 0.190. The van der Waals surface area contributed by atoms with Gasteiger partial charge in [0.1, 0.15) is 17.2 Å². The molecule has 4 aromatic rings. The highest BCUT2D eigenvalue weighted by Crippen LogP contribution is 2.32. The Hall–Kier alpha value is -2.38. The zero-order valence-electron chi connectivity index (χ0n) is 21.1. The highest BCUT2D eigenvalue weighted by atomic mass is 127. The molecule has 1 heterocycles. The Labute approximate surface area is 254 Å². The molecule has 0 spiro atoms. The SMILES string of the molecule is Oc1c2cc(I)cc1COCc1cc(Cc3ccccc3)cc(c1O)COCc1cc(I)cc(c1O)COC2. The largest absolute Gasteiger partial charge is 0.507 e. The highest BCUT2D eigenvalue weighted by Gasteiger charge is 2.16. The zero-order valence-corrected chi connectivity index (χ0v) is 25.4. The van der Waals surface area contributed by atoms with Crippen molar-refractivity contribution in [2.45, 2.75) is 46.1 Å². The Kier molecular flexibility index (Phi) is 9.28. The van der Waals surface area contributed by atoms with E-state index in [1.54, 1.807) is 0 Å². The summed E-state index contributed by atoms with van der Waals surface area (Å²) in [5.41, 5.74) is 6.06. The van der Waals surface area contributed by atoms with Crippen LogP contribution < -0.4 is 0 Å². The van der Waals surface area contributed by atoms with Crippen LogP contribution in [0.1, 0.15) is 44.5 Å². The van der Waals surface area contributed by atoms with Gasteiger partial charge in [-0.25, -0.2) is 0 Å². The van der Waals surface area contributed by atoms with Crippen LogP contribution in [0.5, 0.6) is 17.2 Å². The van der Waals surface area contributed by atoms with Gasteiger partial charge in [0.2, 0.25) is 0 Å². The molecule has 39 heavy (non-hydrogen) atoms. The smallest absolute Gasteiger partial charge is 0.126 e. The van der Waals surface area contributed by atoms with E-state index in [9.17, 15) is 15.3 Å². The molecular formula is C31H28I2O6. The lowest BCUT2D eigenvalue weighted by Gasteiger charge is -2.17. The van der Waals surface area contributed by atoms with Crippen molar-refractivity contribution in [1.82, 2.24) is 0 Å². The predicted octanol–water partition coefficient (Wildman–Crippen LogP) is 7.07. The molecule has 0 unspecified atom stereocenters. The number of phenols is 3. The molecule has 8 heteroatoms. The molecule has 0 atom stereocenters. The summed E-state index contributed by atoms with van der Waals surface area (Å²) in [6.07, 6.45) is 0.698. The first kappa shape index (κ1) is 28.2. The maximum atomic E-state index is 11.1. The maximum absolute atomic E-state index is 11.1. The van der Waals surface area contributed by atoms with Crippen molar-refractivity contribution in [2.24, 2.45) is 0 Å². The first-order chi connectivity index (χ1) is 18.9. The minimum atomic E-state index is 0.125. The number of rotatable bonds is 2. The zero-order chi connectivity index (χ0) is 27.4. The normalized spacial score (nSPS) is 14.4. The molecule has 0 amide bonds. The van der Waals surface area contributed by atoms with Crippen LogP contribution in [0, 0.1) is 7.14 Å². The lowest BCUT2D eigenvalue weighted by Crippen LogP contribution is -2.04. The summed E-state index contributed by atoms with van der Waals surface area (Å²) in [5.74, 6) is 0.377. The Morgan fingerprint density at radius 2 is 0.821 bits per heavy atom. The number of phenolic OH excluding ortho intramolecular Hbond substituents is 3. The second-order valence-corrected chi connectivity index (χ2v) is 12.0. The van der Waals surface area contributed by atoms with Crippen LogP contribution in [-0.4, -0.2) is 15.3 Å². The summed E-state index contributed by atoms with van der Waals surface area (Å²) >= 11 is 4.42. The fourth-order valence-corrected chi connectivity index (χ4v) is 6.18. The first-order valence-electron chi connectivity index (χ1n) is 12.5. The van der Waals surface area contributed by atoms with Gasteiger partial charge in [-0.1, -0.05) is 30.3 Å². The number of hydrogen-bond donors (Lipinski definition) is 3. The number of fused-ring (bicyclic) bond motifs is 6. The molecule has 202 valence electrons. The van der Waals surface area contributed by atoms with E-state index in [0.717, 1.165) is 18.3 Å². The molecule has 0 aromatic heterocycles. The average Bonchev–Trinajstić information content (AvgIpc) is 2.91.